The molecule has 1 aliphatic rings. The van der Waals surface area contributed by atoms with Gasteiger partial charge in [-0.3, -0.25) is 0 Å². The Kier molecular flexibility index (Phi) is 5.14. The molecule has 1 fully saturated rings. The molecule has 76 valence electrons. The van der Waals surface area contributed by atoms with Gasteiger partial charge in [-0.15, -0.1) is 6.58 Å². The molecule has 0 amide bonds. The lowest BCUT2D eigenvalue weighted by Crippen LogP contribution is -2.35. The van der Waals surface area contributed by atoms with Crippen molar-refractivity contribution in [3.63, 3.8) is 0 Å². The summed E-state index contributed by atoms with van der Waals surface area (Å²) in [5.74, 6) is 0.929. The zero-order valence-corrected chi connectivity index (χ0v) is 8.89. The van der Waals surface area contributed by atoms with Gasteiger partial charge in [0.25, 0.3) is 0 Å². The van der Waals surface area contributed by atoms with Crippen molar-refractivity contribution in [2.24, 2.45) is 5.92 Å². The van der Waals surface area contributed by atoms with Crippen molar-refractivity contribution in [2.75, 3.05) is 6.54 Å². The number of nitrogens with one attached hydrogen (secondary N) is 1. The molecule has 0 heterocycles. The third kappa shape index (κ3) is 3.95. The lowest BCUT2D eigenvalue weighted by atomic mass is 9.84. The zero-order chi connectivity index (χ0) is 9.52. The second kappa shape index (κ2) is 6.20. The van der Waals surface area contributed by atoms with Crippen LogP contribution in [0.25, 0.3) is 0 Å². The summed E-state index contributed by atoms with van der Waals surface area (Å²) in [7, 11) is 0. The van der Waals surface area contributed by atoms with Gasteiger partial charge in [-0.25, -0.2) is 0 Å². The van der Waals surface area contributed by atoms with Crippen molar-refractivity contribution in [1.82, 2.24) is 5.32 Å². The Balaban J connectivity index is 2.13. The van der Waals surface area contributed by atoms with Crippen molar-refractivity contribution in [1.29, 1.82) is 0 Å². The molecule has 1 heteroatoms. The summed E-state index contributed by atoms with van der Waals surface area (Å²) in [6.07, 6.45) is 10.3. The van der Waals surface area contributed by atoms with Gasteiger partial charge < -0.3 is 5.32 Å². The van der Waals surface area contributed by atoms with E-state index in [0.29, 0.717) is 6.04 Å². The molecule has 1 saturated carbocycles. The van der Waals surface area contributed by atoms with Crippen LogP contribution in [0.2, 0.25) is 0 Å². The zero-order valence-electron chi connectivity index (χ0n) is 8.89. The molecule has 0 aromatic carbocycles. The molecule has 0 aromatic heterocycles. The van der Waals surface area contributed by atoms with Crippen LogP contribution in [0.1, 0.15) is 45.4 Å². The van der Waals surface area contributed by atoms with E-state index >= 15 is 0 Å². The lowest BCUT2D eigenvalue weighted by molar-refractivity contribution is 0.283. The predicted molar refractivity (Wildman–Crippen MR) is 58.9 cm³/mol. The van der Waals surface area contributed by atoms with E-state index in [2.05, 4.69) is 18.8 Å². The predicted octanol–water partition coefficient (Wildman–Crippen LogP) is 3.12. The molecule has 1 aliphatic carbocycles. The van der Waals surface area contributed by atoms with E-state index in [4.69, 9.17) is 0 Å². The maximum absolute atomic E-state index is 3.73. The van der Waals surface area contributed by atoms with E-state index in [-0.39, 0.29) is 0 Å². The van der Waals surface area contributed by atoms with Gasteiger partial charge in [-0.05, 0) is 38.6 Å². The molecular weight excluding hydrogens is 158 g/mol. The van der Waals surface area contributed by atoms with Gasteiger partial charge in [-0.1, -0.05) is 25.3 Å². The van der Waals surface area contributed by atoms with Crippen molar-refractivity contribution < 1.29 is 0 Å². The second-order valence-corrected chi connectivity index (χ2v) is 4.22. The van der Waals surface area contributed by atoms with E-state index in [9.17, 15) is 0 Å². The number of hydrogen-bond acceptors (Lipinski definition) is 1. The first kappa shape index (κ1) is 10.8. The molecular formula is C12H23N. The van der Waals surface area contributed by atoms with Gasteiger partial charge in [0.2, 0.25) is 0 Å². The van der Waals surface area contributed by atoms with Crippen LogP contribution >= 0.6 is 0 Å². The maximum atomic E-state index is 3.73. The lowest BCUT2D eigenvalue weighted by Gasteiger charge is -2.28. The second-order valence-electron chi connectivity index (χ2n) is 4.22. The minimum absolute atomic E-state index is 0.709. The van der Waals surface area contributed by atoms with Crippen LogP contribution in [0.3, 0.4) is 0 Å². The van der Waals surface area contributed by atoms with E-state index in [1.165, 1.54) is 32.1 Å². The topological polar surface area (TPSA) is 12.0 Å². The molecule has 1 atom stereocenters. The molecule has 0 unspecified atom stereocenters. The molecule has 0 spiro atoms. The normalized spacial score (nSPS) is 21.3. The highest BCUT2D eigenvalue weighted by molar-refractivity contribution is 4.77. The fraction of sp³-hybridized carbons (Fsp3) is 0.833. The quantitative estimate of drug-likeness (QED) is 0.507. The largest absolute Gasteiger partial charge is 0.314 e. The Morgan fingerprint density at radius 3 is 2.69 bits per heavy atom. The van der Waals surface area contributed by atoms with Crippen LogP contribution in [-0.4, -0.2) is 12.6 Å². The third-order valence-corrected chi connectivity index (χ3v) is 3.17. The average molecular weight is 181 g/mol. The van der Waals surface area contributed by atoms with Crippen molar-refractivity contribution in [2.45, 2.75) is 51.5 Å². The van der Waals surface area contributed by atoms with E-state index < -0.39 is 0 Å². The minimum Gasteiger partial charge on any atom is -0.314 e. The number of hydrogen-bond donors (Lipinski definition) is 1. The molecule has 13 heavy (non-hydrogen) atoms. The first-order chi connectivity index (χ1) is 6.34. The maximum Gasteiger partial charge on any atom is 0.00671 e. The van der Waals surface area contributed by atoms with Crippen LogP contribution < -0.4 is 5.32 Å². The average Bonchev–Trinajstić information content (AvgIpc) is 2.19. The van der Waals surface area contributed by atoms with Crippen LogP contribution in [0.15, 0.2) is 12.7 Å². The highest BCUT2D eigenvalue weighted by Gasteiger charge is 2.18. The molecule has 0 aromatic rings. The van der Waals surface area contributed by atoms with E-state index in [0.717, 1.165) is 18.9 Å². The summed E-state index contributed by atoms with van der Waals surface area (Å²) in [5.41, 5.74) is 0. The summed E-state index contributed by atoms with van der Waals surface area (Å²) >= 11 is 0. The van der Waals surface area contributed by atoms with Gasteiger partial charge in [0.05, 0.1) is 0 Å². The van der Waals surface area contributed by atoms with Crippen LogP contribution in [0, 0.1) is 5.92 Å². The van der Waals surface area contributed by atoms with E-state index in [1.807, 2.05) is 6.08 Å². The summed E-state index contributed by atoms with van der Waals surface area (Å²) in [6, 6.07) is 0.709. The van der Waals surface area contributed by atoms with Gasteiger partial charge in [0, 0.05) is 6.04 Å². The van der Waals surface area contributed by atoms with Crippen LogP contribution in [0.5, 0.6) is 0 Å². The molecule has 1 N–H and O–H groups in total. The van der Waals surface area contributed by atoms with Gasteiger partial charge in [0.1, 0.15) is 0 Å². The summed E-state index contributed by atoms with van der Waals surface area (Å²) in [5, 5.41) is 3.58. The Morgan fingerprint density at radius 1 is 1.38 bits per heavy atom. The van der Waals surface area contributed by atoms with Crippen molar-refractivity contribution in [3.05, 3.63) is 12.7 Å². The highest BCUT2D eigenvalue weighted by atomic mass is 14.9. The molecule has 0 aliphatic heterocycles. The molecule has 0 saturated heterocycles. The van der Waals surface area contributed by atoms with E-state index in [1.54, 1.807) is 0 Å². The minimum atomic E-state index is 0.709. The Labute approximate surface area is 82.6 Å². The third-order valence-electron chi connectivity index (χ3n) is 3.17. The first-order valence-electron chi connectivity index (χ1n) is 5.69. The smallest absolute Gasteiger partial charge is 0.00671 e. The van der Waals surface area contributed by atoms with Crippen LogP contribution in [-0.2, 0) is 0 Å². The Hall–Kier alpha value is -0.300. The fourth-order valence-corrected chi connectivity index (χ4v) is 2.21. The molecule has 1 nitrogen and oxygen atoms in total. The summed E-state index contributed by atoms with van der Waals surface area (Å²) in [4.78, 5) is 0. The van der Waals surface area contributed by atoms with Crippen LogP contribution in [0.4, 0.5) is 0 Å². The summed E-state index contributed by atoms with van der Waals surface area (Å²) < 4.78 is 0. The monoisotopic (exact) mass is 181 g/mol. The summed E-state index contributed by atoms with van der Waals surface area (Å²) in [6.45, 7) is 7.16. The highest BCUT2D eigenvalue weighted by Crippen LogP contribution is 2.26. The fourth-order valence-electron chi connectivity index (χ4n) is 2.21. The van der Waals surface area contributed by atoms with Crippen molar-refractivity contribution in [3.8, 4) is 0 Å². The SMILES string of the molecule is C=CCCN[C@@H](C)C1CCCCC1. The molecule has 0 radical (unpaired) electrons. The molecule has 0 bridgehead atoms. The van der Waals surface area contributed by atoms with Gasteiger partial charge in [-0.2, -0.15) is 0 Å². The Bertz CT molecular complexity index is 136. The Morgan fingerprint density at radius 2 is 2.08 bits per heavy atom. The number of rotatable bonds is 5. The standard InChI is InChI=1S/C12H23N/c1-3-4-10-13-11(2)12-8-6-5-7-9-12/h3,11-13H,1,4-10H2,2H3/t11-/m0/s1. The molecule has 1 rings (SSSR count). The first-order valence-corrected chi connectivity index (χ1v) is 5.69. The van der Waals surface area contributed by atoms with Gasteiger partial charge in [0.15, 0.2) is 0 Å². The van der Waals surface area contributed by atoms with Crippen molar-refractivity contribution >= 4 is 0 Å². The van der Waals surface area contributed by atoms with Gasteiger partial charge >= 0.3 is 0 Å².